The number of nitrogens with two attached hydrogens (primary N) is 2. The molecule has 0 saturated heterocycles. The molecule has 1 atom stereocenters. The Morgan fingerprint density at radius 3 is 2.40 bits per heavy atom. The average molecular weight is 341 g/mol. The molecule has 5 N–H and O–H groups in total. The zero-order valence-electron chi connectivity index (χ0n) is 14.0. The van der Waals surface area contributed by atoms with Crippen LogP contribution in [0, 0.1) is 5.82 Å². The van der Waals surface area contributed by atoms with E-state index in [9.17, 15) is 4.39 Å². The summed E-state index contributed by atoms with van der Waals surface area (Å²) in [5.74, 6) is 0.814. The zero-order chi connectivity index (χ0) is 18.0. The summed E-state index contributed by atoms with van der Waals surface area (Å²) in [7, 11) is 3.18. The van der Waals surface area contributed by atoms with Gasteiger partial charge in [-0.25, -0.2) is 4.39 Å². The molecule has 0 aromatic heterocycles. The lowest BCUT2D eigenvalue weighted by Crippen LogP contribution is -2.37. The Balaban J connectivity index is 2.00. The van der Waals surface area contributed by atoms with Crippen LogP contribution < -0.4 is 26.3 Å². The number of rotatable bonds is 4. The molecule has 6 heteroatoms. The smallest absolute Gasteiger partial charge is 0.161 e. The number of ether oxygens (including phenoxy) is 2. The number of nitrogens with one attached hydrogen (secondary N) is 1. The molecule has 2 aromatic carbocycles. The number of anilines is 1. The highest BCUT2D eigenvalue weighted by Gasteiger charge is 2.18. The van der Waals surface area contributed by atoms with Crippen molar-refractivity contribution in [3.05, 3.63) is 65.6 Å². The third-order valence-electron chi connectivity index (χ3n) is 4.12. The topological polar surface area (TPSA) is 82.5 Å². The minimum absolute atomic E-state index is 0.109. The highest BCUT2D eigenvalue weighted by Crippen LogP contribution is 2.33. The van der Waals surface area contributed by atoms with E-state index >= 15 is 0 Å². The van der Waals surface area contributed by atoms with E-state index in [1.54, 1.807) is 20.3 Å². The Kier molecular flexibility index (Phi) is 4.63. The van der Waals surface area contributed by atoms with Crippen molar-refractivity contribution >= 4 is 16.8 Å². The third kappa shape index (κ3) is 3.29. The molecular formula is C19H20FN3O2. The van der Waals surface area contributed by atoms with Crippen molar-refractivity contribution in [3.8, 4) is 11.5 Å². The standard InChI is InChI=1S/C19H20FN3O2/c1-24-17-6-4-11(9-18(17)25-2)13-7-14(19(22)23-10-13)12-3-5-16(21)15(20)8-12/h3-10,19,23H,21-22H2,1-2H3. The first-order chi connectivity index (χ1) is 12.0. The fourth-order valence-electron chi connectivity index (χ4n) is 2.72. The third-order valence-corrected chi connectivity index (χ3v) is 4.12. The van der Waals surface area contributed by atoms with Crippen LogP contribution in [-0.2, 0) is 0 Å². The summed E-state index contributed by atoms with van der Waals surface area (Å²) in [6.45, 7) is 0. The van der Waals surface area contributed by atoms with Gasteiger partial charge in [0.25, 0.3) is 0 Å². The van der Waals surface area contributed by atoms with Crippen molar-refractivity contribution < 1.29 is 13.9 Å². The van der Waals surface area contributed by atoms with Crippen LogP contribution in [0.4, 0.5) is 10.1 Å². The van der Waals surface area contributed by atoms with Crippen LogP contribution in [0.15, 0.2) is 48.7 Å². The Morgan fingerprint density at radius 2 is 1.72 bits per heavy atom. The molecule has 0 fully saturated rings. The van der Waals surface area contributed by atoms with E-state index in [0.717, 1.165) is 16.7 Å². The normalized spacial score (nSPS) is 16.6. The molecule has 0 bridgehead atoms. The Labute approximate surface area is 145 Å². The molecule has 1 aliphatic rings. The molecule has 130 valence electrons. The number of methoxy groups -OCH3 is 2. The van der Waals surface area contributed by atoms with Gasteiger partial charge in [-0.2, -0.15) is 0 Å². The summed E-state index contributed by atoms with van der Waals surface area (Å²) in [6, 6.07) is 10.3. The van der Waals surface area contributed by atoms with Gasteiger partial charge in [-0.05, 0) is 52.6 Å². The van der Waals surface area contributed by atoms with Crippen molar-refractivity contribution in [2.75, 3.05) is 20.0 Å². The fourth-order valence-corrected chi connectivity index (χ4v) is 2.72. The largest absolute Gasteiger partial charge is 0.493 e. The molecule has 2 aromatic rings. The molecule has 1 aliphatic heterocycles. The molecule has 25 heavy (non-hydrogen) atoms. The molecule has 0 saturated carbocycles. The van der Waals surface area contributed by atoms with Gasteiger partial charge in [-0.1, -0.05) is 12.1 Å². The van der Waals surface area contributed by atoms with Crippen molar-refractivity contribution in [2.45, 2.75) is 6.17 Å². The molecule has 0 radical (unpaired) electrons. The van der Waals surface area contributed by atoms with Crippen molar-refractivity contribution in [2.24, 2.45) is 5.73 Å². The minimum Gasteiger partial charge on any atom is -0.493 e. The van der Waals surface area contributed by atoms with Gasteiger partial charge in [-0.15, -0.1) is 0 Å². The van der Waals surface area contributed by atoms with Gasteiger partial charge in [-0.3, -0.25) is 0 Å². The fraction of sp³-hybridized carbons (Fsp3) is 0.158. The SMILES string of the molecule is COc1ccc(C2=CNC(N)C(c3ccc(N)c(F)c3)=C2)cc1OC. The van der Waals surface area contributed by atoms with Crippen LogP contribution in [-0.4, -0.2) is 20.4 Å². The highest BCUT2D eigenvalue weighted by atomic mass is 19.1. The lowest BCUT2D eigenvalue weighted by atomic mass is 9.95. The zero-order valence-corrected chi connectivity index (χ0v) is 14.0. The van der Waals surface area contributed by atoms with Gasteiger partial charge in [0.1, 0.15) is 12.0 Å². The van der Waals surface area contributed by atoms with Gasteiger partial charge >= 0.3 is 0 Å². The second kappa shape index (κ2) is 6.86. The van der Waals surface area contributed by atoms with Crippen LogP contribution >= 0.6 is 0 Å². The minimum atomic E-state index is -0.465. The van der Waals surface area contributed by atoms with Crippen LogP contribution in [0.2, 0.25) is 0 Å². The van der Waals surface area contributed by atoms with E-state index in [1.807, 2.05) is 30.5 Å². The molecule has 0 aliphatic carbocycles. The number of allylic oxidation sites excluding steroid dienone is 2. The number of halogens is 1. The maximum atomic E-state index is 13.8. The summed E-state index contributed by atoms with van der Waals surface area (Å²) in [5.41, 5.74) is 15.0. The summed E-state index contributed by atoms with van der Waals surface area (Å²) in [5, 5.41) is 3.10. The number of dihydropyridines is 1. The lowest BCUT2D eigenvalue weighted by Gasteiger charge is -2.23. The summed E-state index contributed by atoms with van der Waals surface area (Å²) in [4.78, 5) is 0. The number of hydrogen-bond acceptors (Lipinski definition) is 5. The maximum Gasteiger partial charge on any atom is 0.161 e. The van der Waals surface area contributed by atoms with Gasteiger partial charge in [0.05, 0.1) is 19.9 Å². The van der Waals surface area contributed by atoms with E-state index < -0.39 is 12.0 Å². The summed E-state index contributed by atoms with van der Waals surface area (Å²) >= 11 is 0. The highest BCUT2D eigenvalue weighted by molar-refractivity contribution is 5.88. The Morgan fingerprint density at radius 1 is 1.00 bits per heavy atom. The molecule has 3 rings (SSSR count). The molecule has 5 nitrogen and oxygen atoms in total. The van der Waals surface area contributed by atoms with Crippen molar-refractivity contribution in [1.29, 1.82) is 0 Å². The predicted octanol–water partition coefficient (Wildman–Crippen LogP) is 2.74. The van der Waals surface area contributed by atoms with Crippen LogP contribution in [0.3, 0.4) is 0 Å². The second-order valence-corrected chi connectivity index (χ2v) is 5.65. The molecule has 0 amide bonds. The van der Waals surface area contributed by atoms with E-state index in [2.05, 4.69) is 5.32 Å². The van der Waals surface area contributed by atoms with Gasteiger partial charge in [0.2, 0.25) is 0 Å². The molecule has 1 unspecified atom stereocenters. The van der Waals surface area contributed by atoms with E-state index in [0.29, 0.717) is 17.1 Å². The van der Waals surface area contributed by atoms with Gasteiger partial charge < -0.3 is 26.3 Å². The van der Waals surface area contributed by atoms with Gasteiger partial charge in [0, 0.05) is 6.20 Å². The van der Waals surface area contributed by atoms with Crippen LogP contribution in [0.1, 0.15) is 11.1 Å². The Hall–Kier alpha value is -2.99. The Bertz CT molecular complexity index is 862. The molecule has 0 spiro atoms. The van der Waals surface area contributed by atoms with E-state index in [4.69, 9.17) is 20.9 Å². The van der Waals surface area contributed by atoms with E-state index in [-0.39, 0.29) is 5.69 Å². The van der Waals surface area contributed by atoms with E-state index in [1.165, 1.54) is 12.1 Å². The maximum absolute atomic E-state index is 13.8. The van der Waals surface area contributed by atoms with Crippen molar-refractivity contribution in [3.63, 3.8) is 0 Å². The number of benzene rings is 2. The lowest BCUT2D eigenvalue weighted by molar-refractivity contribution is 0.355. The van der Waals surface area contributed by atoms with Crippen LogP contribution in [0.5, 0.6) is 11.5 Å². The second-order valence-electron chi connectivity index (χ2n) is 5.65. The monoisotopic (exact) mass is 341 g/mol. The summed E-state index contributed by atoms with van der Waals surface area (Å²) < 4.78 is 24.4. The molecular weight excluding hydrogens is 321 g/mol. The van der Waals surface area contributed by atoms with Crippen LogP contribution in [0.25, 0.3) is 11.1 Å². The molecule has 1 heterocycles. The van der Waals surface area contributed by atoms with Crippen molar-refractivity contribution in [1.82, 2.24) is 5.32 Å². The summed E-state index contributed by atoms with van der Waals surface area (Å²) in [6.07, 6.45) is 3.31. The predicted molar refractivity (Wildman–Crippen MR) is 97.4 cm³/mol. The number of hydrogen-bond donors (Lipinski definition) is 3. The average Bonchev–Trinajstić information content (AvgIpc) is 2.64. The number of nitrogen functional groups attached to an aromatic ring is 1. The van der Waals surface area contributed by atoms with Gasteiger partial charge in [0.15, 0.2) is 11.5 Å². The first-order valence-electron chi connectivity index (χ1n) is 7.74. The first-order valence-corrected chi connectivity index (χ1v) is 7.74. The quantitative estimate of drug-likeness (QED) is 0.745. The first kappa shape index (κ1) is 16.9.